The normalized spacial score (nSPS) is 11.6. The van der Waals surface area contributed by atoms with E-state index in [0.29, 0.717) is 5.56 Å². The van der Waals surface area contributed by atoms with Gasteiger partial charge < -0.3 is 4.55 Å². The summed E-state index contributed by atoms with van der Waals surface area (Å²) in [6.45, 7) is 1.57. The molecule has 0 saturated heterocycles. The monoisotopic (exact) mass is 224 g/mol. The van der Waals surface area contributed by atoms with Gasteiger partial charge in [0, 0.05) is 41.2 Å². The van der Waals surface area contributed by atoms with Crippen LogP contribution >= 0.6 is 0 Å². The minimum Gasteiger partial charge on any atom is -0.302 e. The molecule has 0 aromatic heterocycles. The van der Waals surface area contributed by atoms with E-state index < -0.39 is 16.0 Å². The fourth-order valence-electron chi connectivity index (χ4n) is 0.895. The second-order valence-corrected chi connectivity index (χ2v) is 3.42. The first-order valence-corrected chi connectivity index (χ1v) is 4.49. The summed E-state index contributed by atoms with van der Waals surface area (Å²) >= 11 is -2.17. The molecule has 0 amide bonds. The van der Waals surface area contributed by atoms with E-state index in [-0.39, 0.29) is 40.1 Å². The van der Waals surface area contributed by atoms with Crippen molar-refractivity contribution in [2.45, 2.75) is 11.8 Å². The summed E-state index contributed by atoms with van der Waals surface area (Å²) in [4.78, 5) is 9.88. The van der Waals surface area contributed by atoms with Crippen molar-refractivity contribution in [2.24, 2.45) is 0 Å². The minimum atomic E-state index is -2.17. The smallest absolute Gasteiger partial charge is 0.273 e. The summed E-state index contributed by atoms with van der Waals surface area (Å²) in [7, 11) is 0. The molecule has 1 unspecified atom stereocenters. The average molecular weight is 224 g/mol. The van der Waals surface area contributed by atoms with Crippen LogP contribution in [-0.2, 0) is 11.1 Å². The Kier molecular flexibility index (Phi) is 5.46. The molecular formula is C7H7NNaO4S. The fourth-order valence-corrected chi connectivity index (χ4v) is 1.29. The minimum absolute atomic E-state index is 0. The quantitative estimate of drug-likeness (QED) is 0.353. The summed E-state index contributed by atoms with van der Waals surface area (Å²) in [5.41, 5.74) is 0.333. The standard InChI is InChI=1S/C7H7NO4S.Na/c1-5-2-3-6(13(11)12)4-7(5)8(9)10;/h2-4H,1H3,(H,11,12);. The summed E-state index contributed by atoms with van der Waals surface area (Å²) in [6, 6.07) is 3.94. The largest absolute Gasteiger partial charge is 0.302 e. The zero-order valence-corrected chi connectivity index (χ0v) is 10.6. The summed E-state index contributed by atoms with van der Waals surface area (Å²) < 4.78 is 19.2. The molecule has 0 aliphatic rings. The fraction of sp³-hybridized carbons (Fsp3) is 0.143. The van der Waals surface area contributed by atoms with Crippen LogP contribution in [0.25, 0.3) is 0 Å². The Hall–Kier alpha value is -0.270. The average Bonchev–Trinajstić information content (AvgIpc) is 2.04. The number of hydrogen-bond donors (Lipinski definition) is 1. The molecule has 5 nitrogen and oxygen atoms in total. The Balaban J connectivity index is 0.00000169. The molecule has 0 aliphatic heterocycles. The maximum absolute atomic E-state index is 10.6. The van der Waals surface area contributed by atoms with Crippen LogP contribution in [0.15, 0.2) is 23.1 Å². The van der Waals surface area contributed by atoms with Crippen LogP contribution in [0.4, 0.5) is 5.69 Å². The van der Waals surface area contributed by atoms with Crippen molar-refractivity contribution in [3.8, 4) is 0 Å². The Labute approximate surface area is 105 Å². The van der Waals surface area contributed by atoms with E-state index in [1.165, 1.54) is 12.1 Å². The van der Waals surface area contributed by atoms with Crippen molar-refractivity contribution < 1.29 is 13.7 Å². The number of benzene rings is 1. The number of nitro groups is 1. The van der Waals surface area contributed by atoms with E-state index in [0.717, 1.165) is 6.07 Å². The topological polar surface area (TPSA) is 80.4 Å². The molecule has 0 saturated carbocycles. The first kappa shape index (κ1) is 13.7. The van der Waals surface area contributed by atoms with E-state index in [4.69, 9.17) is 4.55 Å². The molecule has 1 rings (SSSR count). The molecule has 14 heavy (non-hydrogen) atoms. The second kappa shape index (κ2) is 5.57. The van der Waals surface area contributed by atoms with Crippen molar-refractivity contribution in [3.63, 3.8) is 0 Å². The molecular weight excluding hydrogens is 217 g/mol. The van der Waals surface area contributed by atoms with Gasteiger partial charge in [-0.15, -0.1) is 0 Å². The molecule has 0 heterocycles. The first-order valence-electron chi connectivity index (χ1n) is 3.38. The Morgan fingerprint density at radius 3 is 2.50 bits per heavy atom. The molecule has 1 aromatic carbocycles. The van der Waals surface area contributed by atoms with Gasteiger partial charge in [-0.2, -0.15) is 0 Å². The summed E-state index contributed by atoms with van der Waals surface area (Å²) in [6.07, 6.45) is 0. The van der Waals surface area contributed by atoms with Crippen LogP contribution in [0.1, 0.15) is 5.56 Å². The van der Waals surface area contributed by atoms with Gasteiger partial charge in [0.1, 0.15) is 0 Å². The van der Waals surface area contributed by atoms with Crippen LogP contribution in [-0.4, -0.2) is 43.2 Å². The van der Waals surface area contributed by atoms with Crippen LogP contribution < -0.4 is 0 Å². The Morgan fingerprint density at radius 1 is 1.50 bits per heavy atom. The number of aryl methyl sites for hydroxylation is 1. The van der Waals surface area contributed by atoms with Gasteiger partial charge in [-0.25, -0.2) is 4.21 Å². The second-order valence-electron chi connectivity index (χ2n) is 2.45. The van der Waals surface area contributed by atoms with Gasteiger partial charge in [0.2, 0.25) is 0 Å². The van der Waals surface area contributed by atoms with Crippen LogP contribution in [0.3, 0.4) is 0 Å². The zero-order chi connectivity index (χ0) is 10.0. The molecule has 1 N–H and O–H groups in total. The third-order valence-electron chi connectivity index (χ3n) is 1.58. The molecule has 1 aromatic rings. The van der Waals surface area contributed by atoms with Crippen molar-refractivity contribution in [1.29, 1.82) is 0 Å². The molecule has 7 heteroatoms. The summed E-state index contributed by atoms with van der Waals surface area (Å²) in [5, 5.41) is 10.4. The molecule has 1 atom stereocenters. The molecule has 0 bridgehead atoms. The molecule has 71 valence electrons. The van der Waals surface area contributed by atoms with Crippen molar-refractivity contribution in [1.82, 2.24) is 0 Å². The number of hydrogen-bond acceptors (Lipinski definition) is 3. The third-order valence-corrected chi connectivity index (χ3v) is 2.24. The Bertz CT molecular complexity index is 382. The third kappa shape index (κ3) is 3.14. The van der Waals surface area contributed by atoms with Crippen LogP contribution in [0, 0.1) is 17.0 Å². The maximum atomic E-state index is 10.6. The number of nitrogens with zero attached hydrogens (tertiary/aromatic N) is 1. The predicted molar refractivity (Wildman–Crippen MR) is 52.6 cm³/mol. The van der Waals surface area contributed by atoms with Crippen molar-refractivity contribution in [3.05, 3.63) is 33.9 Å². The van der Waals surface area contributed by atoms with E-state index in [1.807, 2.05) is 0 Å². The van der Waals surface area contributed by atoms with Gasteiger partial charge in [-0.1, -0.05) is 6.07 Å². The molecule has 0 spiro atoms. The van der Waals surface area contributed by atoms with Gasteiger partial charge >= 0.3 is 0 Å². The van der Waals surface area contributed by atoms with Gasteiger partial charge in [0.15, 0.2) is 11.1 Å². The van der Waals surface area contributed by atoms with Crippen molar-refractivity contribution >= 4 is 46.3 Å². The zero-order valence-electron chi connectivity index (χ0n) is 7.76. The maximum Gasteiger partial charge on any atom is 0.273 e. The Morgan fingerprint density at radius 2 is 2.07 bits per heavy atom. The SMILES string of the molecule is Cc1ccc(S(=O)O)cc1[N+](=O)[O-].[Na]. The first-order chi connectivity index (χ1) is 6.02. The molecule has 0 aliphatic carbocycles. The van der Waals surface area contributed by atoms with E-state index in [9.17, 15) is 14.3 Å². The van der Waals surface area contributed by atoms with Crippen LogP contribution in [0.5, 0.6) is 0 Å². The van der Waals surface area contributed by atoms with E-state index in [2.05, 4.69) is 0 Å². The van der Waals surface area contributed by atoms with E-state index in [1.54, 1.807) is 6.92 Å². The van der Waals surface area contributed by atoms with Crippen LogP contribution in [0.2, 0.25) is 0 Å². The molecule has 0 fully saturated rings. The number of nitro benzene ring substituents is 1. The summed E-state index contributed by atoms with van der Waals surface area (Å²) in [5.74, 6) is 0. The number of rotatable bonds is 2. The van der Waals surface area contributed by atoms with Gasteiger partial charge in [0.05, 0.1) is 9.82 Å². The predicted octanol–water partition coefficient (Wildman–Crippen LogP) is 1.10. The van der Waals surface area contributed by atoms with E-state index >= 15 is 0 Å². The van der Waals surface area contributed by atoms with Crippen molar-refractivity contribution in [2.75, 3.05) is 0 Å². The molecule has 1 radical (unpaired) electrons. The van der Waals surface area contributed by atoms with Gasteiger partial charge in [-0.3, -0.25) is 10.1 Å². The van der Waals surface area contributed by atoms with Gasteiger partial charge in [-0.05, 0) is 13.0 Å². The van der Waals surface area contributed by atoms with Gasteiger partial charge in [0.25, 0.3) is 5.69 Å².